The molecule has 0 aliphatic carbocycles. The lowest BCUT2D eigenvalue weighted by molar-refractivity contribution is -0.142. The first-order valence-electron chi connectivity index (χ1n) is 6.95. The number of aryl methyl sites for hydroxylation is 1. The van der Waals surface area contributed by atoms with Gasteiger partial charge in [0.2, 0.25) is 0 Å². The fourth-order valence-electron chi connectivity index (χ4n) is 2.38. The van der Waals surface area contributed by atoms with Gasteiger partial charge in [0.05, 0.1) is 24.9 Å². The lowest BCUT2D eigenvalue weighted by Gasteiger charge is -2.16. The number of carbonyl (C=O) groups is 1. The van der Waals surface area contributed by atoms with Crippen LogP contribution in [-0.4, -0.2) is 45.4 Å². The quantitative estimate of drug-likeness (QED) is 0.707. The molecule has 0 fully saturated rings. The van der Waals surface area contributed by atoms with E-state index in [4.69, 9.17) is 11.6 Å². The number of esters is 1. The molecule has 1 unspecified atom stereocenters. The normalized spacial score (nSPS) is 12.5. The third-order valence-corrected chi connectivity index (χ3v) is 3.99. The van der Waals surface area contributed by atoms with Gasteiger partial charge in [-0.1, -0.05) is 23.7 Å². The second-order valence-corrected chi connectivity index (χ2v) is 5.39. The Morgan fingerprint density at radius 2 is 2.22 bits per heavy atom. The van der Waals surface area contributed by atoms with Gasteiger partial charge in [-0.15, -0.1) is 0 Å². The zero-order valence-electron chi connectivity index (χ0n) is 12.6. The van der Waals surface area contributed by atoms with Crippen LogP contribution in [0.1, 0.15) is 5.69 Å². The summed E-state index contributed by atoms with van der Waals surface area (Å²) in [5, 5.41) is 17.9. The molecule has 3 aromatic rings. The SMILES string of the molecule is COC(=O)C(CO)Nc1nc2c(Cl)c(C)nn2c2ccccc12. The number of halogens is 1. The van der Waals surface area contributed by atoms with Gasteiger partial charge >= 0.3 is 5.97 Å². The predicted molar refractivity (Wildman–Crippen MR) is 86.8 cm³/mol. The molecule has 2 N–H and O–H groups in total. The number of rotatable bonds is 4. The van der Waals surface area contributed by atoms with Gasteiger partial charge in [-0.05, 0) is 19.1 Å². The summed E-state index contributed by atoms with van der Waals surface area (Å²) in [7, 11) is 1.26. The Labute approximate surface area is 136 Å². The number of ether oxygens (including phenoxy) is 1. The summed E-state index contributed by atoms with van der Waals surface area (Å²) in [5.74, 6) is -0.145. The van der Waals surface area contributed by atoms with Crippen molar-refractivity contribution in [3.05, 3.63) is 35.0 Å². The molecule has 0 bridgehead atoms. The number of benzene rings is 1. The molecule has 1 aromatic carbocycles. The third-order valence-electron chi connectivity index (χ3n) is 3.55. The second-order valence-electron chi connectivity index (χ2n) is 5.02. The van der Waals surface area contributed by atoms with Crippen LogP contribution in [0, 0.1) is 6.92 Å². The van der Waals surface area contributed by atoms with Crippen molar-refractivity contribution in [2.75, 3.05) is 19.0 Å². The van der Waals surface area contributed by atoms with E-state index < -0.39 is 18.6 Å². The van der Waals surface area contributed by atoms with Gasteiger partial charge in [0.1, 0.15) is 16.9 Å². The molecule has 0 amide bonds. The van der Waals surface area contributed by atoms with Crippen molar-refractivity contribution < 1.29 is 14.6 Å². The number of anilines is 1. The summed E-state index contributed by atoms with van der Waals surface area (Å²) >= 11 is 6.26. The van der Waals surface area contributed by atoms with E-state index in [-0.39, 0.29) is 0 Å². The summed E-state index contributed by atoms with van der Waals surface area (Å²) < 4.78 is 6.33. The van der Waals surface area contributed by atoms with Crippen LogP contribution < -0.4 is 5.32 Å². The Morgan fingerprint density at radius 1 is 1.48 bits per heavy atom. The van der Waals surface area contributed by atoms with Crippen LogP contribution in [-0.2, 0) is 9.53 Å². The van der Waals surface area contributed by atoms with Crippen LogP contribution in [0.25, 0.3) is 16.6 Å². The van der Waals surface area contributed by atoms with Crippen LogP contribution in [0.4, 0.5) is 5.82 Å². The Balaban J connectivity index is 2.22. The fourth-order valence-corrected chi connectivity index (χ4v) is 2.54. The van der Waals surface area contributed by atoms with Crippen LogP contribution in [0.5, 0.6) is 0 Å². The van der Waals surface area contributed by atoms with Gasteiger partial charge < -0.3 is 15.2 Å². The van der Waals surface area contributed by atoms with Gasteiger partial charge in [0, 0.05) is 5.39 Å². The number of carbonyl (C=O) groups excluding carboxylic acids is 1. The zero-order chi connectivity index (χ0) is 16.6. The molecule has 2 heterocycles. The van der Waals surface area contributed by atoms with Crippen LogP contribution in [0.3, 0.4) is 0 Å². The molecule has 7 nitrogen and oxygen atoms in total. The van der Waals surface area contributed by atoms with E-state index in [1.807, 2.05) is 24.3 Å². The molecule has 0 saturated heterocycles. The number of hydrogen-bond donors (Lipinski definition) is 2. The molecule has 23 heavy (non-hydrogen) atoms. The van der Waals surface area contributed by atoms with Crippen molar-refractivity contribution in [2.45, 2.75) is 13.0 Å². The first kappa shape index (κ1) is 15.5. The minimum absolute atomic E-state index is 0.417. The van der Waals surface area contributed by atoms with Crippen molar-refractivity contribution >= 4 is 39.9 Å². The molecule has 2 aromatic heterocycles. The highest BCUT2D eigenvalue weighted by molar-refractivity contribution is 6.34. The molecular formula is C15H15ClN4O3. The molecule has 0 aliphatic heterocycles. The third kappa shape index (κ3) is 2.58. The summed E-state index contributed by atoms with van der Waals surface area (Å²) in [6.07, 6.45) is 0. The zero-order valence-corrected chi connectivity index (χ0v) is 13.3. The maximum absolute atomic E-state index is 11.7. The number of hydrogen-bond acceptors (Lipinski definition) is 6. The minimum atomic E-state index is -0.916. The number of methoxy groups -OCH3 is 1. The number of aliphatic hydroxyl groups is 1. The van der Waals surface area contributed by atoms with E-state index >= 15 is 0 Å². The Hall–Kier alpha value is -2.38. The van der Waals surface area contributed by atoms with Crippen molar-refractivity contribution in [2.24, 2.45) is 0 Å². The van der Waals surface area contributed by atoms with Gasteiger partial charge in [0.15, 0.2) is 5.65 Å². The summed E-state index contributed by atoms with van der Waals surface area (Å²) in [4.78, 5) is 16.2. The topological polar surface area (TPSA) is 88.8 Å². The molecule has 8 heteroatoms. The number of aliphatic hydroxyl groups excluding tert-OH is 1. The maximum Gasteiger partial charge on any atom is 0.330 e. The summed E-state index contributed by atoms with van der Waals surface area (Å²) in [6, 6.07) is 6.54. The van der Waals surface area contributed by atoms with Crippen LogP contribution in [0.15, 0.2) is 24.3 Å². The lowest BCUT2D eigenvalue weighted by atomic mass is 10.2. The van der Waals surface area contributed by atoms with Gasteiger partial charge in [-0.2, -0.15) is 5.10 Å². The highest BCUT2D eigenvalue weighted by Gasteiger charge is 2.21. The highest BCUT2D eigenvalue weighted by atomic mass is 35.5. The predicted octanol–water partition coefficient (Wildman–Crippen LogP) is 1.79. The van der Waals surface area contributed by atoms with Crippen LogP contribution in [0.2, 0.25) is 5.02 Å². The van der Waals surface area contributed by atoms with E-state index in [0.29, 0.717) is 22.2 Å². The van der Waals surface area contributed by atoms with E-state index in [1.165, 1.54) is 7.11 Å². The van der Waals surface area contributed by atoms with Gasteiger partial charge in [0.25, 0.3) is 0 Å². The summed E-state index contributed by atoms with van der Waals surface area (Å²) in [5.41, 5.74) is 1.93. The van der Waals surface area contributed by atoms with E-state index in [2.05, 4.69) is 20.1 Å². The maximum atomic E-state index is 11.7. The van der Waals surface area contributed by atoms with Crippen LogP contribution >= 0.6 is 11.6 Å². The standard InChI is InChI=1S/C15H15ClN4O3/c1-8-12(16)14-18-13(17-10(7-21)15(22)23-2)9-5-3-4-6-11(9)20(14)19-8/h3-6,10,21H,7H2,1-2H3,(H,17,18). The van der Waals surface area contributed by atoms with E-state index in [1.54, 1.807) is 11.4 Å². The molecule has 1 atom stereocenters. The van der Waals surface area contributed by atoms with Gasteiger partial charge in [-0.3, -0.25) is 0 Å². The lowest BCUT2D eigenvalue weighted by Crippen LogP contribution is -2.34. The second kappa shape index (κ2) is 6.02. The number of nitrogens with zero attached hydrogens (tertiary/aromatic N) is 3. The largest absolute Gasteiger partial charge is 0.467 e. The fraction of sp³-hybridized carbons (Fsp3) is 0.267. The van der Waals surface area contributed by atoms with Crippen molar-refractivity contribution in [1.29, 1.82) is 0 Å². The van der Waals surface area contributed by atoms with E-state index in [9.17, 15) is 9.90 Å². The van der Waals surface area contributed by atoms with Crippen molar-refractivity contribution in [3.63, 3.8) is 0 Å². The Bertz CT molecular complexity index is 893. The average Bonchev–Trinajstić information content (AvgIpc) is 2.87. The van der Waals surface area contributed by atoms with Gasteiger partial charge in [-0.25, -0.2) is 14.3 Å². The molecule has 120 valence electrons. The monoisotopic (exact) mass is 334 g/mol. The van der Waals surface area contributed by atoms with E-state index in [0.717, 1.165) is 10.9 Å². The first-order chi connectivity index (χ1) is 11.1. The average molecular weight is 335 g/mol. The number of para-hydroxylation sites is 1. The van der Waals surface area contributed by atoms with Crippen molar-refractivity contribution in [3.8, 4) is 0 Å². The molecule has 0 saturated carbocycles. The number of nitrogens with one attached hydrogen (secondary N) is 1. The highest BCUT2D eigenvalue weighted by Crippen LogP contribution is 2.28. The molecule has 3 rings (SSSR count). The number of fused-ring (bicyclic) bond motifs is 3. The number of aromatic nitrogens is 3. The smallest absolute Gasteiger partial charge is 0.330 e. The Morgan fingerprint density at radius 3 is 2.91 bits per heavy atom. The summed E-state index contributed by atoms with van der Waals surface area (Å²) in [6.45, 7) is 1.38. The molecular weight excluding hydrogens is 320 g/mol. The molecule has 0 radical (unpaired) electrons. The molecule has 0 aliphatic rings. The Kier molecular flexibility index (Phi) is 4.06. The molecule has 0 spiro atoms. The van der Waals surface area contributed by atoms with Crippen molar-refractivity contribution in [1.82, 2.24) is 14.6 Å². The minimum Gasteiger partial charge on any atom is -0.467 e. The first-order valence-corrected chi connectivity index (χ1v) is 7.33.